The topological polar surface area (TPSA) is 30.5 Å². The van der Waals surface area contributed by atoms with Crippen molar-refractivity contribution in [2.45, 2.75) is 13.0 Å². The Morgan fingerprint density at radius 2 is 2.06 bits per heavy atom. The SMILES string of the molecule is COCc1c(Br)cccc1NCCOC(F)(F)F. The fourth-order valence-corrected chi connectivity index (χ4v) is 1.85. The highest BCUT2D eigenvalue weighted by Gasteiger charge is 2.28. The molecule has 0 heterocycles. The Hall–Kier alpha value is -0.790. The minimum absolute atomic E-state index is 0.0622. The lowest BCUT2D eigenvalue weighted by Crippen LogP contribution is -2.19. The second-order valence-electron chi connectivity index (χ2n) is 3.42. The highest BCUT2D eigenvalue weighted by molar-refractivity contribution is 9.10. The smallest absolute Gasteiger partial charge is 0.382 e. The molecule has 0 bridgehead atoms. The van der Waals surface area contributed by atoms with Crippen molar-refractivity contribution in [3.63, 3.8) is 0 Å². The average molecular weight is 328 g/mol. The van der Waals surface area contributed by atoms with Gasteiger partial charge in [-0.2, -0.15) is 0 Å². The van der Waals surface area contributed by atoms with Crippen molar-refractivity contribution >= 4 is 21.6 Å². The molecule has 0 saturated carbocycles. The van der Waals surface area contributed by atoms with E-state index < -0.39 is 13.0 Å². The van der Waals surface area contributed by atoms with Crippen molar-refractivity contribution in [1.29, 1.82) is 0 Å². The molecule has 0 aliphatic heterocycles. The number of hydrogen-bond donors (Lipinski definition) is 1. The summed E-state index contributed by atoms with van der Waals surface area (Å²) in [5.74, 6) is 0. The van der Waals surface area contributed by atoms with Crippen LogP contribution in [0.5, 0.6) is 0 Å². The Morgan fingerprint density at radius 1 is 1.33 bits per heavy atom. The van der Waals surface area contributed by atoms with Gasteiger partial charge in [0.15, 0.2) is 0 Å². The van der Waals surface area contributed by atoms with E-state index in [1.165, 1.54) is 0 Å². The molecular formula is C11H13BrF3NO2. The highest BCUT2D eigenvalue weighted by atomic mass is 79.9. The quantitative estimate of drug-likeness (QED) is 0.810. The maximum absolute atomic E-state index is 11.8. The number of rotatable bonds is 6. The lowest BCUT2D eigenvalue weighted by molar-refractivity contribution is -0.322. The van der Waals surface area contributed by atoms with Crippen LogP contribution in [0.1, 0.15) is 5.56 Å². The first-order valence-corrected chi connectivity index (χ1v) is 5.94. The predicted molar refractivity (Wildman–Crippen MR) is 65.4 cm³/mol. The van der Waals surface area contributed by atoms with E-state index in [0.717, 1.165) is 15.7 Å². The third kappa shape index (κ3) is 5.24. The molecule has 7 heteroatoms. The molecule has 0 aliphatic rings. The van der Waals surface area contributed by atoms with E-state index in [9.17, 15) is 13.2 Å². The third-order valence-electron chi connectivity index (χ3n) is 2.09. The van der Waals surface area contributed by atoms with Crippen LogP contribution in [0.25, 0.3) is 0 Å². The number of hydrogen-bond acceptors (Lipinski definition) is 3. The van der Waals surface area contributed by atoms with Gasteiger partial charge in [-0.1, -0.05) is 22.0 Å². The van der Waals surface area contributed by atoms with Gasteiger partial charge in [0.05, 0.1) is 13.2 Å². The molecular weight excluding hydrogens is 315 g/mol. The number of anilines is 1. The standard InChI is InChI=1S/C11H13BrF3NO2/c1-17-7-8-9(12)3-2-4-10(8)16-5-6-18-11(13,14)15/h2-4,16H,5-7H2,1H3. The van der Waals surface area contributed by atoms with Crippen LogP contribution < -0.4 is 5.32 Å². The Bertz CT molecular complexity index is 385. The van der Waals surface area contributed by atoms with Gasteiger partial charge in [0.1, 0.15) is 0 Å². The lowest BCUT2D eigenvalue weighted by Gasteiger charge is -2.13. The van der Waals surface area contributed by atoms with E-state index in [4.69, 9.17) is 4.74 Å². The minimum atomic E-state index is -4.59. The minimum Gasteiger partial charge on any atom is -0.382 e. The molecule has 3 nitrogen and oxygen atoms in total. The second kappa shape index (κ2) is 6.96. The number of nitrogens with one attached hydrogen (secondary N) is 1. The fraction of sp³-hybridized carbons (Fsp3) is 0.455. The van der Waals surface area contributed by atoms with Gasteiger partial charge in [0.25, 0.3) is 0 Å². The highest BCUT2D eigenvalue weighted by Crippen LogP contribution is 2.25. The number of alkyl halides is 3. The van der Waals surface area contributed by atoms with Gasteiger partial charge in [-0.3, -0.25) is 4.74 Å². The van der Waals surface area contributed by atoms with Gasteiger partial charge in [0, 0.05) is 29.4 Å². The zero-order chi connectivity index (χ0) is 13.6. The molecule has 0 aliphatic carbocycles. The molecule has 0 radical (unpaired) electrons. The predicted octanol–water partition coefficient (Wildman–Crippen LogP) is 3.54. The first-order valence-electron chi connectivity index (χ1n) is 5.15. The van der Waals surface area contributed by atoms with E-state index in [1.54, 1.807) is 19.2 Å². The largest absolute Gasteiger partial charge is 0.522 e. The molecule has 1 aromatic carbocycles. The molecule has 0 amide bonds. The van der Waals surface area contributed by atoms with Gasteiger partial charge < -0.3 is 10.1 Å². The van der Waals surface area contributed by atoms with Crippen molar-refractivity contribution in [3.05, 3.63) is 28.2 Å². The molecule has 0 spiro atoms. The Kier molecular flexibility index (Phi) is 5.90. The normalized spacial score (nSPS) is 11.6. The van der Waals surface area contributed by atoms with Crippen LogP contribution in [0.2, 0.25) is 0 Å². The lowest BCUT2D eigenvalue weighted by atomic mass is 10.2. The van der Waals surface area contributed by atoms with Crippen molar-refractivity contribution in [2.24, 2.45) is 0 Å². The molecule has 1 rings (SSSR count). The Labute approximate surface area is 111 Å². The van der Waals surface area contributed by atoms with E-state index in [1.807, 2.05) is 6.07 Å². The average Bonchev–Trinajstić information content (AvgIpc) is 2.27. The van der Waals surface area contributed by atoms with Crippen LogP contribution in [-0.4, -0.2) is 26.6 Å². The van der Waals surface area contributed by atoms with Crippen molar-refractivity contribution < 1.29 is 22.6 Å². The van der Waals surface area contributed by atoms with Gasteiger partial charge in [-0.05, 0) is 12.1 Å². The molecule has 1 aromatic rings. The Balaban J connectivity index is 2.54. The summed E-state index contributed by atoms with van der Waals surface area (Å²) >= 11 is 3.36. The van der Waals surface area contributed by atoms with E-state index >= 15 is 0 Å². The van der Waals surface area contributed by atoms with Crippen molar-refractivity contribution in [1.82, 2.24) is 0 Å². The number of methoxy groups -OCH3 is 1. The van der Waals surface area contributed by atoms with Crippen LogP contribution >= 0.6 is 15.9 Å². The number of halogens is 4. The molecule has 0 fully saturated rings. The van der Waals surface area contributed by atoms with Crippen LogP contribution in [0, 0.1) is 0 Å². The zero-order valence-corrected chi connectivity index (χ0v) is 11.3. The van der Waals surface area contributed by atoms with Crippen LogP contribution in [0.4, 0.5) is 18.9 Å². The summed E-state index contributed by atoms with van der Waals surface area (Å²) < 4.78 is 44.8. The van der Waals surface area contributed by atoms with Crippen LogP contribution in [0.15, 0.2) is 22.7 Å². The van der Waals surface area contributed by atoms with Crippen molar-refractivity contribution in [2.75, 3.05) is 25.6 Å². The number of benzene rings is 1. The van der Waals surface area contributed by atoms with Gasteiger partial charge >= 0.3 is 6.36 Å². The zero-order valence-electron chi connectivity index (χ0n) is 9.68. The van der Waals surface area contributed by atoms with Gasteiger partial charge in [-0.15, -0.1) is 13.2 Å². The summed E-state index contributed by atoms with van der Waals surface area (Å²) in [4.78, 5) is 0. The summed E-state index contributed by atoms with van der Waals surface area (Å²) in [6, 6.07) is 5.40. The summed E-state index contributed by atoms with van der Waals surface area (Å²) in [5, 5.41) is 2.88. The third-order valence-corrected chi connectivity index (χ3v) is 2.83. The molecule has 0 atom stereocenters. The number of ether oxygens (including phenoxy) is 2. The molecule has 1 N–H and O–H groups in total. The summed E-state index contributed by atoms with van der Waals surface area (Å²) in [5.41, 5.74) is 1.57. The fourth-order valence-electron chi connectivity index (χ4n) is 1.37. The first-order chi connectivity index (χ1) is 8.44. The van der Waals surface area contributed by atoms with Crippen molar-refractivity contribution in [3.8, 4) is 0 Å². The maximum Gasteiger partial charge on any atom is 0.522 e. The molecule has 0 saturated heterocycles. The maximum atomic E-state index is 11.8. The molecule has 18 heavy (non-hydrogen) atoms. The summed E-state index contributed by atoms with van der Waals surface area (Å²) in [6.07, 6.45) is -4.59. The van der Waals surface area contributed by atoms with Crippen LogP contribution in [0.3, 0.4) is 0 Å². The Morgan fingerprint density at radius 3 is 2.67 bits per heavy atom. The summed E-state index contributed by atoms with van der Waals surface area (Å²) in [6.45, 7) is -0.0149. The van der Waals surface area contributed by atoms with Crippen LogP contribution in [-0.2, 0) is 16.1 Å². The molecule has 102 valence electrons. The summed E-state index contributed by atoms with van der Waals surface area (Å²) in [7, 11) is 1.55. The van der Waals surface area contributed by atoms with Gasteiger partial charge in [-0.25, -0.2) is 0 Å². The first kappa shape index (κ1) is 15.3. The monoisotopic (exact) mass is 327 g/mol. The van der Waals surface area contributed by atoms with E-state index in [2.05, 4.69) is 26.0 Å². The van der Waals surface area contributed by atoms with E-state index in [-0.39, 0.29) is 6.54 Å². The molecule has 0 unspecified atom stereocenters. The molecule has 0 aromatic heterocycles. The van der Waals surface area contributed by atoms with E-state index in [0.29, 0.717) is 6.61 Å². The van der Waals surface area contributed by atoms with Gasteiger partial charge in [0.2, 0.25) is 0 Å². The second-order valence-corrected chi connectivity index (χ2v) is 4.27.